The van der Waals surface area contributed by atoms with Crippen LogP contribution in [-0.4, -0.2) is 11.4 Å². The zero-order chi connectivity index (χ0) is 15.6. The van der Waals surface area contributed by atoms with Crippen molar-refractivity contribution < 1.29 is 0 Å². The van der Waals surface area contributed by atoms with Gasteiger partial charge in [-0.25, -0.2) is 0 Å². The predicted molar refractivity (Wildman–Crippen MR) is 95.8 cm³/mol. The van der Waals surface area contributed by atoms with Gasteiger partial charge in [0.2, 0.25) is 0 Å². The van der Waals surface area contributed by atoms with Gasteiger partial charge in [0.25, 0.3) is 0 Å². The smallest absolute Gasteiger partial charge is 0.0995 e. The summed E-state index contributed by atoms with van der Waals surface area (Å²) < 4.78 is 0. The fourth-order valence-corrected chi connectivity index (χ4v) is 5.08. The highest BCUT2D eigenvalue weighted by atomic mass is 32.1. The van der Waals surface area contributed by atoms with Crippen molar-refractivity contribution in [3.8, 4) is 6.07 Å². The van der Waals surface area contributed by atoms with Crippen LogP contribution in [-0.2, 0) is 13.0 Å². The molecule has 0 radical (unpaired) electrons. The van der Waals surface area contributed by atoms with Gasteiger partial charge in [0.1, 0.15) is 0 Å². The molecule has 1 aliphatic rings. The number of thiophene rings is 2. The Labute approximate surface area is 144 Å². The summed E-state index contributed by atoms with van der Waals surface area (Å²) in [5.41, 5.74) is 3.35. The molecule has 0 spiro atoms. The van der Waals surface area contributed by atoms with E-state index in [0.29, 0.717) is 6.04 Å². The molecule has 1 aliphatic heterocycles. The largest absolute Gasteiger partial charge is 0.287 e. The molecule has 23 heavy (non-hydrogen) atoms. The van der Waals surface area contributed by atoms with Gasteiger partial charge in [-0.15, -0.1) is 22.7 Å². The molecule has 0 bridgehead atoms. The third-order valence-electron chi connectivity index (χ3n) is 4.39. The monoisotopic (exact) mass is 336 g/mol. The molecule has 0 saturated heterocycles. The molecule has 114 valence electrons. The molecule has 0 unspecified atom stereocenters. The van der Waals surface area contributed by atoms with Crippen LogP contribution in [0.2, 0.25) is 0 Å². The van der Waals surface area contributed by atoms with Crippen molar-refractivity contribution in [3.63, 3.8) is 0 Å². The van der Waals surface area contributed by atoms with Crippen LogP contribution < -0.4 is 0 Å². The van der Waals surface area contributed by atoms with Crippen LogP contribution in [0.1, 0.15) is 32.5 Å². The SMILES string of the molecule is N#Cc1ccccc1CN1CCc2sccc2[C@@H]1c1cccs1. The predicted octanol–water partition coefficient (Wildman–Crippen LogP) is 4.83. The van der Waals surface area contributed by atoms with Crippen LogP contribution in [0, 0.1) is 11.3 Å². The summed E-state index contributed by atoms with van der Waals surface area (Å²) in [7, 11) is 0. The lowest BCUT2D eigenvalue weighted by Crippen LogP contribution is -2.34. The quantitative estimate of drug-likeness (QED) is 0.685. The maximum Gasteiger partial charge on any atom is 0.0995 e. The van der Waals surface area contributed by atoms with E-state index in [1.807, 2.05) is 40.9 Å². The highest BCUT2D eigenvalue weighted by molar-refractivity contribution is 7.10. The van der Waals surface area contributed by atoms with Crippen molar-refractivity contribution in [2.24, 2.45) is 0 Å². The minimum Gasteiger partial charge on any atom is -0.287 e. The lowest BCUT2D eigenvalue weighted by atomic mass is 9.97. The number of hydrogen-bond donors (Lipinski definition) is 0. The first-order valence-electron chi connectivity index (χ1n) is 7.68. The normalized spacial score (nSPS) is 17.6. The Morgan fingerprint density at radius 2 is 2.00 bits per heavy atom. The topological polar surface area (TPSA) is 27.0 Å². The molecule has 0 amide bonds. The van der Waals surface area contributed by atoms with Crippen LogP contribution in [0.4, 0.5) is 0 Å². The number of nitrogens with zero attached hydrogens (tertiary/aromatic N) is 2. The van der Waals surface area contributed by atoms with E-state index in [0.717, 1.165) is 30.6 Å². The van der Waals surface area contributed by atoms with Crippen molar-refractivity contribution in [3.05, 3.63) is 79.7 Å². The third kappa shape index (κ3) is 2.72. The van der Waals surface area contributed by atoms with E-state index >= 15 is 0 Å². The highest BCUT2D eigenvalue weighted by Gasteiger charge is 2.30. The average Bonchev–Trinajstić information content (AvgIpc) is 3.26. The van der Waals surface area contributed by atoms with E-state index < -0.39 is 0 Å². The lowest BCUT2D eigenvalue weighted by molar-refractivity contribution is 0.209. The molecule has 3 heterocycles. The number of benzene rings is 1. The maximum absolute atomic E-state index is 9.36. The second-order valence-electron chi connectivity index (χ2n) is 5.71. The van der Waals surface area contributed by atoms with Crippen molar-refractivity contribution >= 4 is 22.7 Å². The lowest BCUT2D eigenvalue weighted by Gasteiger charge is -2.35. The van der Waals surface area contributed by atoms with Gasteiger partial charge in [0.15, 0.2) is 0 Å². The molecule has 1 aromatic carbocycles. The first-order valence-corrected chi connectivity index (χ1v) is 9.44. The Hall–Kier alpha value is -1.93. The van der Waals surface area contributed by atoms with E-state index in [-0.39, 0.29) is 0 Å². The maximum atomic E-state index is 9.36. The number of nitriles is 1. The second kappa shape index (κ2) is 6.29. The van der Waals surface area contributed by atoms with Crippen molar-refractivity contribution in [2.75, 3.05) is 6.54 Å². The molecule has 0 aliphatic carbocycles. The van der Waals surface area contributed by atoms with Crippen molar-refractivity contribution in [1.82, 2.24) is 4.90 Å². The average molecular weight is 336 g/mol. The minimum atomic E-state index is 0.316. The molecule has 2 aromatic heterocycles. The molecule has 3 aromatic rings. The van der Waals surface area contributed by atoms with Gasteiger partial charge >= 0.3 is 0 Å². The van der Waals surface area contributed by atoms with Gasteiger partial charge in [0, 0.05) is 22.8 Å². The van der Waals surface area contributed by atoms with Crippen molar-refractivity contribution in [1.29, 1.82) is 5.26 Å². The summed E-state index contributed by atoms with van der Waals surface area (Å²) in [6, 6.07) is 17.2. The Balaban J connectivity index is 1.72. The van der Waals surface area contributed by atoms with E-state index in [2.05, 4.69) is 46.0 Å². The molecule has 0 fully saturated rings. The van der Waals surface area contributed by atoms with Gasteiger partial charge in [-0.05, 0) is 46.5 Å². The van der Waals surface area contributed by atoms with Crippen LogP contribution in [0.25, 0.3) is 0 Å². The van der Waals surface area contributed by atoms with Crippen LogP contribution in [0.3, 0.4) is 0 Å². The molecular weight excluding hydrogens is 320 g/mol. The summed E-state index contributed by atoms with van der Waals surface area (Å²) >= 11 is 3.69. The van der Waals surface area contributed by atoms with Crippen LogP contribution >= 0.6 is 22.7 Å². The second-order valence-corrected chi connectivity index (χ2v) is 7.69. The summed E-state index contributed by atoms with van der Waals surface area (Å²) in [5, 5.41) is 13.7. The molecule has 2 nitrogen and oxygen atoms in total. The minimum absolute atomic E-state index is 0.316. The van der Waals surface area contributed by atoms with Gasteiger partial charge in [-0.2, -0.15) is 5.26 Å². The van der Waals surface area contributed by atoms with E-state index in [4.69, 9.17) is 0 Å². The first kappa shape index (κ1) is 14.6. The van der Waals surface area contributed by atoms with Gasteiger partial charge in [-0.1, -0.05) is 24.3 Å². The summed E-state index contributed by atoms with van der Waals surface area (Å²) in [6.07, 6.45) is 1.10. The standard InChI is InChI=1S/C19H16N2S2/c20-12-14-4-1-2-5-15(14)13-21-9-7-17-16(8-11-23-17)19(21)18-6-3-10-22-18/h1-6,8,10-11,19H,7,9,13H2/t19-/m1/s1. The Morgan fingerprint density at radius 3 is 2.83 bits per heavy atom. The molecule has 4 heteroatoms. The van der Waals surface area contributed by atoms with Crippen molar-refractivity contribution in [2.45, 2.75) is 19.0 Å². The summed E-state index contributed by atoms with van der Waals surface area (Å²) in [6.45, 7) is 1.86. The fourth-order valence-electron chi connectivity index (χ4n) is 3.30. The van der Waals surface area contributed by atoms with Crippen LogP contribution in [0.5, 0.6) is 0 Å². The van der Waals surface area contributed by atoms with Gasteiger partial charge in [-0.3, -0.25) is 4.90 Å². The van der Waals surface area contributed by atoms with Crippen LogP contribution in [0.15, 0.2) is 53.2 Å². The fraction of sp³-hybridized carbons (Fsp3) is 0.211. The molecule has 4 rings (SSSR count). The van der Waals surface area contributed by atoms with E-state index in [9.17, 15) is 5.26 Å². The Kier molecular flexibility index (Phi) is 4.00. The zero-order valence-corrected chi connectivity index (χ0v) is 14.2. The number of rotatable bonds is 3. The first-order chi connectivity index (χ1) is 11.4. The van der Waals surface area contributed by atoms with E-state index in [1.54, 1.807) is 0 Å². The Morgan fingerprint density at radius 1 is 1.09 bits per heavy atom. The van der Waals surface area contributed by atoms with E-state index in [1.165, 1.54) is 15.3 Å². The molecule has 0 N–H and O–H groups in total. The molecule has 1 atom stereocenters. The Bertz CT molecular complexity index is 842. The summed E-state index contributed by atoms with van der Waals surface area (Å²) in [5.74, 6) is 0. The number of fused-ring (bicyclic) bond motifs is 1. The highest BCUT2D eigenvalue weighted by Crippen LogP contribution is 2.40. The molecular formula is C19H16N2S2. The van der Waals surface area contributed by atoms with Gasteiger partial charge < -0.3 is 0 Å². The molecule has 0 saturated carbocycles. The zero-order valence-electron chi connectivity index (χ0n) is 12.6. The number of hydrogen-bond acceptors (Lipinski definition) is 4. The summed E-state index contributed by atoms with van der Waals surface area (Å²) in [4.78, 5) is 5.41. The third-order valence-corrected chi connectivity index (χ3v) is 6.31. The van der Waals surface area contributed by atoms with Gasteiger partial charge in [0.05, 0.1) is 17.7 Å².